The van der Waals surface area contributed by atoms with Crippen LogP contribution in [0.4, 0.5) is 11.4 Å². The summed E-state index contributed by atoms with van der Waals surface area (Å²) in [5, 5.41) is 2.90. The van der Waals surface area contributed by atoms with Gasteiger partial charge in [0.05, 0.1) is 12.2 Å². The molecule has 0 aromatic heterocycles. The molecule has 0 unspecified atom stereocenters. The van der Waals surface area contributed by atoms with E-state index in [0.717, 1.165) is 22.5 Å². The first kappa shape index (κ1) is 15.1. The monoisotopic (exact) mass is 310 g/mol. The van der Waals surface area contributed by atoms with Crippen LogP contribution in [-0.2, 0) is 9.59 Å². The number of para-hydroxylation sites is 2. The highest BCUT2D eigenvalue weighted by Crippen LogP contribution is 2.31. The number of anilines is 2. The fourth-order valence-electron chi connectivity index (χ4n) is 2.66. The Kier molecular flexibility index (Phi) is 4.02. The fraction of sp³-hybridized carbons (Fsp3) is 0.222. The van der Waals surface area contributed by atoms with Crippen LogP contribution in [0.3, 0.4) is 0 Å². The maximum absolute atomic E-state index is 12.3. The second kappa shape index (κ2) is 6.12. The highest BCUT2D eigenvalue weighted by Gasteiger charge is 2.25. The molecule has 2 aromatic rings. The number of nitrogens with one attached hydrogen (secondary N) is 1. The van der Waals surface area contributed by atoms with E-state index in [4.69, 9.17) is 4.74 Å². The van der Waals surface area contributed by atoms with Crippen molar-refractivity contribution in [3.8, 4) is 5.75 Å². The molecule has 118 valence electrons. The summed E-state index contributed by atoms with van der Waals surface area (Å²) in [6, 6.07) is 13.1. The number of rotatable bonds is 3. The zero-order chi connectivity index (χ0) is 16.4. The number of benzene rings is 2. The van der Waals surface area contributed by atoms with E-state index in [9.17, 15) is 9.59 Å². The van der Waals surface area contributed by atoms with E-state index in [1.165, 1.54) is 0 Å². The molecular weight excluding hydrogens is 292 g/mol. The molecule has 1 amide bonds. The molecule has 5 heteroatoms. The number of hydrogen-bond acceptors (Lipinski definition) is 4. The van der Waals surface area contributed by atoms with Crippen molar-refractivity contribution in [2.75, 3.05) is 23.3 Å². The quantitative estimate of drug-likeness (QED) is 0.699. The summed E-state index contributed by atoms with van der Waals surface area (Å²) in [5.74, 6) is -0.0347. The maximum Gasteiger partial charge on any atom is 0.331 e. The van der Waals surface area contributed by atoms with Gasteiger partial charge in [-0.15, -0.1) is 0 Å². The molecular formula is C18H18N2O3. The van der Waals surface area contributed by atoms with Crippen molar-refractivity contribution in [3.63, 3.8) is 0 Å². The topological polar surface area (TPSA) is 58.6 Å². The van der Waals surface area contributed by atoms with Crippen LogP contribution in [-0.4, -0.2) is 25.0 Å². The molecule has 1 aliphatic heterocycles. The van der Waals surface area contributed by atoms with E-state index >= 15 is 0 Å². The minimum absolute atomic E-state index is 0.0668. The van der Waals surface area contributed by atoms with Gasteiger partial charge < -0.3 is 15.0 Å². The van der Waals surface area contributed by atoms with Gasteiger partial charge in [0.25, 0.3) is 0 Å². The molecule has 0 bridgehead atoms. The standard InChI is InChI=1S/C18H18N2O3/c1-12-7-8-14(13(2)9-12)19-17(21)10-20-11-18(22)23-16-6-4-3-5-15(16)20/h3-9H,10-11H2,1-2H3,(H,19,21). The normalized spacial score (nSPS) is 13.3. The molecule has 0 aliphatic carbocycles. The number of esters is 1. The number of amides is 1. The number of ether oxygens (including phenoxy) is 1. The molecule has 3 rings (SSSR count). The van der Waals surface area contributed by atoms with Gasteiger partial charge in [0.15, 0.2) is 5.75 Å². The van der Waals surface area contributed by atoms with E-state index in [0.29, 0.717) is 5.75 Å². The Morgan fingerprint density at radius 1 is 1.22 bits per heavy atom. The smallest absolute Gasteiger partial charge is 0.331 e. The Hall–Kier alpha value is -2.82. The minimum atomic E-state index is -0.358. The molecule has 1 aliphatic rings. The van der Waals surface area contributed by atoms with Crippen LogP contribution in [0.25, 0.3) is 0 Å². The first-order valence-electron chi connectivity index (χ1n) is 7.45. The van der Waals surface area contributed by atoms with Gasteiger partial charge in [0.1, 0.15) is 6.54 Å². The summed E-state index contributed by atoms with van der Waals surface area (Å²) in [7, 11) is 0. The fourth-order valence-corrected chi connectivity index (χ4v) is 2.66. The van der Waals surface area contributed by atoms with Crippen molar-refractivity contribution in [3.05, 3.63) is 53.6 Å². The van der Waals surface area contributed by atoms with E-state index < -0.39 is 0 Å². The number of hydrogen-bond donors (Lipinski definition) is 1. The Labute approximate surface area is 134 Å². The van der Waals surface area contributed by atoms with Crippen molar-refractivity contribution in [2.24, 2.45) is 0 Å². The van der Waals surface area contributed by atoms with Gasteiger partial charge in [-0.2, -0.15) is 0 Å². The third kappa shape index (κ3) is 3.34. The van der Waals surface area contributed by atoms with Crippen molar-refractivity contribution in [2.45, 2.75) is 13.8 Å². The van der Waals surface area contributed by atoms with Gasteiger partial charge >= 0.3 is 5.97 Å². The van der Waals surface area contributed by atoms with Crippen LogP contribution >= 0.6 is 0 Å². The molecule has 5 nitrogen and oxygen atoms in total. The molecule has 0 fully saturated rings. The zero-order valence-corrected chi connectivity index (χ0v) is 13.1. The van der Waals surface area contributed by atoms with Gasteiger partial charge in [0.2, 0.25) is 5.91 Å². The predicted octanol–water partition coefficient (Wildman–Crippen LogP) is 2.67. The molecule has 1 heterocycles. The Bertz CT molecular complexity index is 771. The first-order chi connectivity index (χ1) is 11.0. The predicted molar refractivity (Wildman–Crippen MR) is 88.8 cm³/mol. The highest BCUT2D eigenvalue weighted by atomic mass is 16.5. The number of nitrogens with zero attached hydrogens (tertiary/aromatic N) is 1. The number of carbonyl (C=O) groups is 2. The Morgan fingerprint density at radius 2 is 2.00 bits per heavy atom. The van der Waals surface area contributed by atoms with Crippen molar-refractivity contribution in [1.29, 1.82) is 0 Å². The Balaban J connectivity index is 1.74. The lowest BCUT2D eigenvalue weighted by Gasteiger charge is -2.29. The van der Waals surface area contributed by atoms with E-state index in [1.807, 2.05) is 44.2 Å². The molecule has 0 saturated carbocycles. The molecule has 0 atom stereocenters. The molecule has 23 heavy (non-hydrogen) atoms. The van der Waals surface area contributed by atoms with Crippen LogP contribution in [0.2, 0.25) is 0 Å². The van der Waals surface area contributed by atoms with E-state index in [2.05, 4.69) is 5.32 Å². The van der Waals surface area contributed by atoms with Crippen molar-refractivity contribution in [1.82, 2.24) is 0 Å². The number of fused-ring (bicyclic) bond motifs is 1. The summed E-state index contributed by atoms with van der Waals surface area (Å²) >= 11 is 0. The summed E-state index contributed by atoms with van der Waals surface area (Å²) < 4.78 is 5.18. The van der Waals surface area contributed by atoms with Gasteiger partial charge in [-0.25, -0.2) is 4.79 Å². The lowest BCUT2D eigenvalue weighted by Crippen LogP contribution is -2.41. The maximum atomic E-state index is 12.3. The molecule has 0 radical (unpaired) electrons. The number of carbonyl (C=O) groups excluding carboxylic acids is 2. The SMILES string of the molecule is Cc1ccc(NC(=O)CN2CC(=O)Oc3ccccc32)c(C)c1. The summed E-state index contributed by atoms with van der Waals surface area (Å²) in [6.45, 7) is 4.13. The third-order valence-corrected chi connectivity index (χ3v) is 3.74. The van der Waals surface area contributed by atoms with Crippen LogP contribution in [0.15, 0.2) is 42.5 Å². The van der Waals surface area contributed by atoms with Crippen LogP contribution in [0.1, 0.15) is 11.1 Å². The summed E-state index contributed by atoms with van der Waals surface area (Å²) in [4.78, 5) is 25.7. The average Bonchev–Trinajstić information content (AvgIpc) is 2.50. The first-order valence-corrected chi connectivity index (χ1v) is 7.45. The largest absolute Gasteiger partial charge is 0.423 e. The van der Waals surface area contributed by atoms with Crippen LogP contribution in [0, 0.1) is 13.8 Å². The van der Waals surface area contributed by atoms with Gasteiger partial charge in [-0.3, -0.25) is 4.79 Å². The third-order valence-electron chi connectivity index (χ3n) is 3.74. The second-order valence-electron chi connectivity index (χ2n) is 5.66. The van der Waals surface area contributed by atoms with Crippen molar-refractivity contribution < 1.29 is 14.3 Å². The molecule has 0 saturated heterocycles. The summed E-state index contributed by atoms with van der Waals surface area (Å²) in [5.41, 5.74) is 3.70. The van der Waals surface area contributed by atoms with Gasteiger partial charge in [-0.05, 0) is 37.6 Å². The molecule has 0 spiro atoms. The molecule has 2 aromatic carbocycles. The van der Waals surface area contributed by atoms with Crippen LogP contribution < -0.4 is 15.0 Å². The van der Waals surface area contributed by atoms with Crippen LogP contribution in [0.5, 0.6) is 5.75 Å². The molecule has 1 N–H and O–H groups in total. The van der Waals surface area contributed by atoms with Gasteiger partial charge in [0, 0.05) is 5.69 Å². The lowest BCUT2D eigenvalue weighted by atomic mass is 10.1. The Morgan fingerprint density at radius 3 is 2.78 bits per heavy atom. The van der Waals surface area contributed by atoms with E-state index in [-0.39, 0.29) is 25.0 Å². The van der Waals surface area contributed by atoms with Gasteiger partial charge in [-0.1, -0.05) is 29.8 Å². The number of aryl methyl sites for hydroxylation is 2. The zero-order valence-electron chi connectivity index (χ0n) is 13.1. The average molecular weight is 310 g/mol. The van der Waals surface area contributed by atoms with E-state index in [1.54, 1.807) is 17.0 Å². The van der Waals surface area contributed by atoms with Crippen molar-refractivity contribution >= 4 is 23.3 Å². The highest BCUT2D eigenvalue weighted by molar-refractivity contribution is 5.96. The summed E-state index contributed by atoms with van der Waals surface area (Å²) in [6.07, 6.45) is 0. The second-order valence-corrected chi connectivity index (χ2v) is 5.66. The lowest BCUT2D eigenvalue weighted by molar-refractivity contribution is -0.133. The minimum Gasteiger partial charge on any atom is -0.423 e.